The monoisotopic (exact) mass is 178 g/mol. The topological polar surface area (TPSA) is 43.1 Å². The third-order valence-electron chi connectivity index (χ3n) is 1.60. The van der Waals surface area contributed by atoms with Gasteiger partial charge in [0.1, 0.15) is 4.70 Å². The second-order valence-corrected chi connectivity index (χ2v) is 3.16. The molecule has 0 aliphatic carbocycles. The Balaban J connectivity index is 2.82. The van der Waals surface area contributed by atoms with E-state index in [2.05, 4.69) is 5.38 Å². The Morgan fingerprint density at radius 1 is 1.50 bits per heavy atom. The number of thiophene rings is 1. The van der Waals surface area contributed by atoms with E-state index in [1.807, 2.05) is 6.07 Å². The molecule has 0 atom stereocenters. The fourth-order valence-corrected chi connectivity index (χ4v) is 1.86. The first-order valence-electron chi connectivity index (χ1n) is 3.32. The molecule has 1 aromatic carbocycles. The lowest BCUT2D eigenvalue weighted by Crippen LogP contribution is -1.86. The predicted octanol–water partition coefficient (Wildman–Crippen LogP) is 2.61. The Morgan fingerprint density at radius 3 is 3.08 bits per heavy atom. The molecule has 1 aromatic heterocycles. The molecule has 59 valence electrons. The molecule has 0 saturated carbocycles. The Labute approximate surface area is 72.4 Å². The molecule has 0 unspecified atom stereocenters. The van der Waals surface area contributed by atoms with Gasteiger partial charge in [0.25, 0.3) is 5.69 Å². The summed E-state index contributed by atoms with van der Waals surface area (Å²) in [6, 6.07) is 6.79. The van der Waals surface area contributed by atoms with Gasteiger partial charge in [-0.2, -0.15) is 0 Å². The highest BCUT2D eigenvalue weighted by Gasteiger charge is 2.10. The second-order valence-electron chi connectivity index (χ2n) is 2.32. The van der Waals surface area contributed by atoms with Crippen LogP contribution < -0.4 is 0 Å². The smallest absolute Gasteiger partial charge is 0.258 e. The molecular weight excluding hydrogens is 174 g/mol. The Hall–Kier alpha value is -1.42. The van der Waals surface area contributed by atoms with Crippen molar-refractivity contribution in [2.75, 3.05) is 0 Å². The summed E-state index contributed by atoms with van der Waals surface area (Å²) < 4.78 is 0.697. The van der Waals surface area contributed by atoms with Crippen molar-refractivity contribution >= 4 is 27.1 Å². The first-order valence-corrected chi connectivity index (χ1v) is 4.13. The van der Waals surface area contributed by atoms with Crippen LogP contribution in [0.25, 0.3) is 10.1 Å². The maximum Gasteiger partial charge on any atom is 0.287 e. The normalized spacial score (nSPS) is 10.3. The molecule has 1 radical (unpaired) electrons. The summed E-state index contributed by atoms with van der Waals surface area (Å²) in [6.45, 7) is 0. The summed E-state index contributed by atoms with van der Waals surface area (Å²) in [6.07, 6.45) is 0. The lowest BCUT2D eigenvalue weighted by molar-refractivity contribution is -0.382. The summed E-state index contributed by atoms with van der Waals surface area (Å²) in [4.78, 5) is 10.1. The van der Waals surface area contributed by atoms with Crippen molar-refractivity contribution in [2.24, 2.45) is 0 Å². The van der Waals surface area contributed by atoms with E-state index in [1.165, 1.54) is 17.4 Å². The van der Waals surface area contributed by atoms with Crippen LogP contribution in [0.4, 0.5) is 5.69 Å². The molecule has 0 N–H and O–H groups in total. The van der Waals surface area contributed by atoms with E-state index >= 15 is 0 Å². The van der Waals surface area contributed by atoms with Crippen LogP contribution in [0, 0.1) is 15.5 Å². The van der Waals surface area contributed by atoms with E-state index < -0.39 is 0 Å². The van der Waals surface area contributed by atoms with Gasteiger partial charge in [-0.15, -0.1) is 11.3 Å². The van der Waals surface area contributed by atoms with Crippen molar-refractivity contribution in [1.29, 1.82) is 0 Å². The van der Waals surface area contributed by atoms with Crippen LogP contribution in [0.15, 0.2) is 24.3 Å². The molecule has 2 rings (SSSR count). The number of non-ortho nitro benzene ring substituents is 1. The lowest BCUT2D eigenvalue weighted by atomic mass is 10.2. The number of nitrogens with zero attached hydrogens (tertiary/aromatic N) is 1. The van der Waals surface area contributed by atoms with Crippen molar-refractivity contribution in [2.45, 2.75) is 0 Å². The first-order chi connectivity index (χ1) is 5.79. The lowest BCUT2D eigenvalue weighted by Gasteiger charge is -1.91. The van der Waals surface area contributed by atoms with Gasteiger partial charge in [-0.1, -0.05) is 12.1 Å². The number of hydrogen-bond donors (Lipinski definition) is 0. The van der Waals surface area contributed by atoms with Gasteiger partial charge in [0.2, 0.25) is 0 Å². The fraction of sp³-hybridized carbons (Fsp3) is 0. The van der Waals surface area contributed by atoms with E-state index in [0.717, 1.165) is 5.39 Å². The average molecular weight is 178 g/mol. The van der Waals surface area contributed by atoms with Gasteiger partial charge in [0.15, 0.2) is 0 Å². The molecule has 4 heteroatoms. The highest BCUT2D eigenvalue weighted by molar-refractivity contribution is 7.17. The van der Waals surface area contributed by atoms with Gasteiger partial charge >= 0.3 is 0 Å². The maximum absolute atomic E-state index is 10.5. The maximum atomic E-state index is 10.5. The molecular formula is C8H4NO2S. The Morgan fingerprint density at radius 2 is 2.33 bits per heavy atom. The number of fused-ring (bicyclic) bond motifs is 1. The number of rotatable bonds is 1. The van der Waals surface area contributed by atoms with Crippen molar-refractivity contribution in [3.05, 3.63) is 39.8 Å². The molecule has 12 heavy (non-hydrogen) atoms. The van der Waals surface area contributed by atoms with Crippen molar-refractivity contribution in [1.82, 2.24) is 0 Å². The minimum atomic E-state index is -0.368. The van der Waals surface area contributed by atoms with Gasteiger partial charge in [0, 0.05) is 16.8 Å². The van der Waals surface area contributed by atoms with Crippen molar-refractivity contribution in [3.8, 4) is 0 Å². The van der Waals surface area contributed by atoms with Gasteiger partial charge in [-0.05, 0) is 6.07 Å². The molecule has 0 aliphatic rings. The quantitative estimate of drug-likeness (QED) is 0.497. The number of nitro benzene ring substituents is 1. The van der Waals surface area contributed by atoms with Gasteiger partial charge in [-0.3, -0.25) is 10.1 Å². The molecule has 0 spiro atoms. The minimum absolute atomic E-state index is 0.166. The Bertz CT molecular complexity index is 435. The van der Waals surface area contributed by atoms with Gasteiger partial charge in [-0.25, -0.2) is 0 Å². The molecule has 0 amide bonds. The van der Waals surface area contributed by atoms with Crippen LogP contribution >= 0.6 is 11.3 Å². The standard InChI is InChI=1S/C8H4NO2S/c10-9(11)7-3-1-2-6-4-5-12-8(6)7/h1-4H. The number of nitro groups is 1. The zero-order chi connectivity index (χ0) is 8.55. The molecule has 1 heterocycles. The van der Waals surface area contributed by atoms with Crippen LogP contribution in [0.2, 0.25) is 0 Å². The predicted molar refractivity (Wildman–Crippen MR) is 47.3 cm³/mol. The summed E-state index contributed by atoms with van der Waals surface area (Å²) >= 11 is 1.28. The zero-order valence-electron chi connectivity index (χ0n) is 5.98. The summed E-state index contributed by atoms with van der Waals surface area (Å²) in [5, 5.41) is 14.3. The van der Waals surface area contributed by atoms with E-state index in [4.69, 9.17) is 0 Å². The van der Waals surface area contributed by atoms with Crippen LogP contribution in [-0.4, -0.2) is 4.92 Å². The SMILES string of the molecule is O=[N+]([O-])c1cccc2c[c]sc12. The number of benzene rings is 1. The van der Waals surface area contributed by atoms with Crippen molar-refractivity contribution < 1.29 is 4.92 Å². The molecule has 0 aliphatic heterocycles. The Kier molecular flexibility index (Phi) is 1.55. The van der Waals surface area contributed by atoms with Gasteiger partial charge < -0.3 is 0 Å². The largest absolute Gasteiger partial charge is 0.287 e. The number of hydrogen-bond acceptors (Lipinski definition) is 3. The van der Waals surface area contributed by atoms with E-state index in [1.54, 1.807) is 12.1 Å². The zero-order valence-corrected chi connectivity index (χ0v) is 6.80. The second kappa shape index (κ2) is 2.57. The van der Waals surface area contributed by atoms with Gasteiger partial charge in [0.05, 0.1) is 4.92 Å². The van der Waals surface area contributed by atoms with Crippen LogP contribution in [0.3, 0.4) is 0 Å². The molecule has 0 bridgehead atoms. The third kappa shape index (κ3) is 0.967. The van der Waals surface area contributed by atoms with Crippen LogP contribution in [-0.2, 0) is 0 Å². The minimum Gasteiger partial charge on any atom is -0.258 e. The van der Waals surface area contributed by atoms with E-state index in [0.29, 0.717) is 4.70 Å². The molecule has 3 nitrogen and oxygen atoms in total. The third-order valence-corrected chi connectivity index (χ3v) is 2.48. The van der Waals surface area contributed by atoms with E-state index in [9.17, 15) is 10.1 Å². The summed E-state index contributed by atoms with van der Waals surface area (Å²) in [7, 11) is 0. The molecule has 0 saturated heterocycles. The molecule has 0 fully saturated rings. The van der Waals surface area contributed by atoms with Crippen molar-refractivity contribution in [3.63, 3.8) is 0 Å². The van der Waals surface area contributed by atoms with Crippen LogP contribution in [0.5, 0.6) is 0 Å². The average Bonchev–Trinajstić information content (AvgIpc) is 2.49. The molecule has 2 aromatic rings. The highest BCUT2D eigenvalue weighted by atomic mass is 32.1. The summed E-state index contributed by atoms with van der Waals surface area (Å²) in [5.74, 6) is 0. The summed E-state index contributed by atoms with van der Waals surface area (Å²) in [5.41, 5.74) is 0.166. The highest BCUT2D eigenvalue weighted by Crippen LogP contribution is 2.29. The van der Waals surface area contributed by atoms with E-state index in [-0.39, 0.29) is 10.6 Å². The fourth-order valence-electron chi connectivity index (χ4n) is 1.06. The van der Waals surface area contributed by atoms with Crippen LogP contribution in [0.1, 0.15) is 0 Å². The first kappa shape index (κ1) is 7.24.